The molecule has 134 valence electrons. The van der Waals surface area contributed by atoms with Crippen molar-refractivity contribution in [2.45, 2.75) is 18.4 Å². The number of nitrogens with two attached hydrogens (primary N) is 1. The summed E-state index contributed by atoms with van der Waals surface area (Å²) in [4.78, 5) is 28.5. The van der Waals surface area contributed by atoms with Crippen LogP contribution in [-0.2, 0) is 21.5 Å². The molecule has 2 aromatic carbocycles. The SMILES string of the molecule is NC(=O)CN1C(=O)[C@]2(CCN(Cc3ccccc3Cl)C2)c2ccccc21. The van der Waals surface area contributed by atoms with Gasteiger partial charge in [-0.25, -0.2) is 0 Å². The highest BCUT2D eigenvalue weighted by molar-refractivity contribution is 6.31. The summed E-state index contributed by atoms with van der Waals surface area (Å²) in [7, 11) is 0. The summed E-state index contributed by atoms with van der Waals surface area (Å²) < 4.78 is 0. The average molecular weight is 370 g/mol. The summed E-state index contributed by atoms with van der Waals surface area (Å²) in [6.07, 6.45) is 0.725. The number of nitrogens with zero attached hydrogens (tertiary/aromatic N) is 2. The molecule has 0 aromatic heterocycles. The van der Waals surface area contributed by atoms with Gasteiger partial charge in [-0.2, -0.15) is 0 Å². The van der Waals surface area contributed by atoms with Gasteiger partial charge in [0.2, 0.25) is 11.8 Å². The summed E-state index contributed by atoms with van der Waals surface area (Å²) >= 11 is 6.29. The molecular formula is C20H20ClN3O2. The third kappa shape index (κ3) is 2.68. The molecule has 2 N–H and O–H groups in total. The normalized spacial score (nSPS) is 22.2. The van der Waals surface area contributed by atoms with Crippen molar-refractivity contribution in [1.82, 2.24) is 4.90 Å². The Morgan fingerprint density at radius 3 is 2.65 bits per heavy atom. The minimum Gasteiger partial charge on any atom is -0.368 e. The molecular weight excluding hydrogens is 350 g/mol. The first kappa shape index (κ1) is 17.1. The predicted octanol–water partition coefficient (Wildman–Crippen LogP) is 2.32. The molecule has 5 nitrogen and oxygen atoms in total. The number of carbonyl (C=O) groups is 2. The first-order valence-corrected chi connectivity index (χ1v) is 9.04. The summed E-state index contributed by atoms with van der Waals surface area (Å²) in [5.74, 6) is -0.532. The maximum Gasteiger partial charge on any atom is 0.239 e. The lowest BCUT2D eigenvalue weighted by Gasteiger charge is -2.24. The maximum absolute atomic E-state index is 13.3. The van der Waals surface area contributed by atoms with Crippen molar-refractivity contribution in [2.75, 3.05) is 24.5 Å². The Balaban J connectivity index is 1.64. The lowest BCUT2D eigenvalue weighted by Crippen LogP contribution is -2.45. The molecule has 0 aliphatic carbocycles. The summed E-state index contributed by atoms with van der Waals surface area (Å²) in [6, 6.07) is 15.5. The molecule has 1 fully saturated rings. The molecule has 2 aliphatic heterocycles. The van der Waals surface area contributed by atoms with Crippen molar-refractivity contribution in [1.29, 1.82) is 0 Å². The number of anilines is 1. The van der Waals surface area contributed by atoms with Gasteiger partial charge in [0, 0.05) is 23.8 Å². The number of benzene rings is 2. The third-order valence-corrected chi connectivity index (χ3v) is 5.75. The number of hydrogen-bond acceptors (Lipinski definition) is 3. The van der Waals surface area contributed by atoms with E-state index in [9.17, 15) is 9.59 Å². The van der Waals surface area contributed by atoms with E-state index >= 15 is 0 Å². The summed E-state index contributed by atoms with van der Waals surface area (Å²) in [5, 5.41) is 0.738. The summed E-state index contributed by atoms with van der Waals surface area (Å²) in [5.41, 5.74) is 7.61. The van der Waals surface area contributed by atoms with Crippen LogP contribution in [0.2, 0.25) is 5.02 Å². The van der Waals surface area contributed by atoms with Crippen LogP contribution in [0.3, 0.4) is 0 Å². The van der Waals surface area contributed by atoms with Gasteiger partial charge >= 0.3 is 0 Å². The molecule has 26 heavy (non-hydrogen) atoms. The van der Waals surface area contributed by atoms with E-state index in [-0.39, 0.29) is 12.5 Å². The zero-order valence-corrected chi connectivity index (χ0v) is 15.1. The number of amides is 2. The van der Waals surface area contributed by atoms with Crippen molar-refractivity contribution >= 4 is 29.1 Å². The van der Waals surface area contributed by atoms with Gasteiger partial charge in [0.1, 0.15) is 6.54 Å². The van der Waals surface area contributed by atoms with Gasteiger partial charge in [0.25, 0.3) is 0 Å². The lowest BCUT2D eigenvalue weighted by atomic mass is 9.81. The number of carbonyl (C=O) groups excluding carboxylic acids is 2. The fourth-order valence-corrected chi connectivity index (χ4v) is 4.39. The van der Waals surface area contributed by atoms with Crippen molar-refractivity contribution < 1.29 is 9.59 Å². The Hall–Kier alpha value is -2.37. The monoisotopic (exact) mass is 369 g/mol. The van der Waals surface area contributed by atoms with Crippen molar-refractivity contribution in [3.63, 3.8) is 0 Å². The smallest absolute Gasteiger partial charge is 0.239 e. The fourth-order valence-electron chi connectivity index (χ4n) is 4.20. The molecule has 0 radical (unpaired) electrons. The number of fused-ring (bicyclic) bond motifs is 2. The van der Waals surface area contributed by atoms with Crippen LogP contribution in [0.15, 0.2) is 48.5 Å². The van der Waals surface area contributed by atoms with E-state index in [2.05, 4.69) is 4.90 Å². The van der Waals surface area contributed by atoms with Crippen LogP contribution >= 0.6 is 11.6 Å². The Labute approximate surface area is 157 Å². The zero-order valence-electron chi connectivity index (χ0n) is 14.3. The highest BCUT2D eigenvalue weighted by Gasteiger charge is 2.54. The molecule has 1 atom stereocenters. The number of rotatable bonds is 4. The van der Waals surface area contributed by atoms with Crippen LogP contribution in [0.4, 0.5) is 5.69 Å². The van der Waals surface area contributed by atoms with Gasteiger partial charge < -0.3 is 10.6 Å². The first-order chi connectivity index (χ1) is 12.5. The Morgan fingerprint density at radius 2 is 1.88 bits per heavy atom. The van der Waals surface area contributed by atoms with E-state index in [1.807, 2.05) is 48.5 Å². The van der Waals surface area contributed by atoms with Crippen LogP contribution in [0.5, 0.6) is 0 Å². The van der Waals surface area contributed by atoms with Crippen molar-refractivity contribution in [3.8, 4) is 0 Å². The van der Waals surface area contributed by atoms with E-state index in [0.717, 1.165) is 34.8 Å². The fraction of sp³-hybridized carbons (Fsp3) is 0.300. The Bertz CT molecular complexity index is 885. The number of hydrogen-bond donors (Lipinski definition) is 1. The molecule has 4 rings (SSSR count). The van der Waals surface area contributed by atoms with E-state index in [1.165, 1.54) is 4.90 Å². The molecule has 0 unspecified atom stereocenters. The molecule has 0 bridgehead atoms. The largest absolute Gasteiger partial charge is 0.368 e. The number of likely N-dealkylation sites (tertiary alicyclic amines) is 1. The highest BCUT2D eigenvalue weighted by Crippen LogP contribution is 2.47. The molecule has 6 heteroatoms. The van der Waals surface area contributed by atoms with Gasteiger partial charge in [-0.1, -0.05) is 48.0 Å². The highest BCUT2D eigenvalue weighted by atomic mass is 35.5. The van der Waals surface area contributed by atoms with Crippen LogP contribution in [0, 0.1) is 0 Å². The second-order valence-electron chi connectivity index (χ2n) is 7.01. The molecule has 2 aliphatic rings. The van der Waals surface area contributed by atoms with Crippen molar-refractivity contribution in [3.05, 3.63) is 64.7 Å². The number of halogens is 1. The van der Waals surface area contributed by atoms with E-state index in [4.69, 9.17) is 17.3 Å². The molecule has 0 saturated carbocycles. The Kier molecular flexibility index (Phi) is 4.21. The second-order valence-corrected chi connectivity index (χ2v) is 7.42. The van der Waals surface area contributed by atoms with Crippen LogP contribution in [0.25, 0.3) is 0 Å². The average Bonchev–Trinajstić information content (AvgIpc) is 3.14. The van der Waals surface area contributed by atoms with Gasteiger partial charge in [0.15, 0.2) is 0 Å². The van der Waals surface area contributed by atoms with E-state index in [1.54, 1.807) is 0 Å². The molecule has 2 aromatic rings. The topological polar surface area (TPSA) is 66.6 Å². The van der Waals surface area contributed by atoms with Gasteiger partial charge in [-0.3, -0.25) is 14.5 Å². The van der Waals surface area contributed by atoms with Gasteiger partial charge in [0.05, 0.1) is 5.41 Å². The van der Waals surface area contributed by atoms with Crippen LogP contribution in [0.1, 0.15) is 17.5 Å². The maximum atomic E-state index is 13.3. The molecule has 1 saturated heterocycles. The molecule has 2 heterocycles. The van der Waals surface area contributed by atoms with Crippen LogP contribution < -0.4 is 10.6 Å². The van der Waals surface area contributed by atoms with Crippen LogP contribution in [-0.4, -0.2) is 36.3 Å². The third-order valence-electron chi connectivity index (χ3n) is 5.38. The van der Waals surface area contributed by atoms with Gasteiger partial charge in [-0.05, 0) is 36.2 Å². The second kappa shape index (κ2) is 6.41. The number of primary amides is 1. The Morgan fingerprint density at radius 1 is 1.15 bits per heavy atom. The van der Waals surface area contributed by atoms with Crippen molar-refractivity contribution in [2.24, 2.45) is 5.73 Å². The summed E-state index contributed by atoms with van der Waals surface area (Å²) in [6.45, 7) is 2.04. The standard InChI is InChI=1S/C20H20ClN3O2/c21-16-7-3-1-5-14(16)11-23-10-9-20(13-23)15-6-2-4-8-17(15)24(19(20)26)12-18(22)25/h1-8H,9-13H2,(H2,22,25)/t20-/m0/s1. The van der Waals surface area contributed by atoms with E-state index < -0.39 is 11.3 Å². The first-order valence-electron chi connectivity index (χ1n) is 8.67. The predicted molar refractivity (Wildman–Crippen MR) is 101 cm³/mol. The lowest BCUT2D eigenvalue weighted by molar-refractivity contribution is -0.125. The zero-order chi connectivity index (χ0) is 18.3. The van der Waals surface area contributed by atoms with E-state index in [0.29, 0.717) is 13.1 Å². The van der Waals surface area contributed by atoms with Gasteiger partial charge in [-0.15, -0.1) is 0 Å². The molecule has 1 spiro atoms. The molecule has 2 amide bonds. The number of para-hydroxylation sites is 1. The minimum atomic E-state index is -0.604. The minimum absolute atomic E-state index is 0.0286. The quantitative estimate of drug-likeness (QED) is 0.899.